The van der Waals surface area contributed by atoms with Crippen molar-refractivity contribution < 1.29 is 9.47 Å². The number of halogens is 1. The van der Waals surface area contributed by atoms with Crippen LogP contribution < -0.4 is 10.6 Å². The van der Waals surface area contributed by atoms with Gasteiger partial charge in [-0.2, -0.15) is 0 Å². The molecule has 2 saturated carbocycles. The smallest absolute Gasteiger partial charge is 0.191 e. The summed E-state index contributed by atoms with van der Waals surface area (Å²) < 4.78 is 11.6. The van der Waals surface area contributed by atoms with Gasteiger partial charge in [-0.05, 0) is 19.3 Å². The molecule has 4 aliphatic rings. The van der Waals surface area contributed by atoms with Crippen LogP contribution in [-0.2, 0) is 9.47 Å². The minimum Gasteiger partial charge on any atom is -0.379 e. The van der Waals surface area contributed by atoms with Gasteiger partial charge >= 0.3 is 0 Å². The number of hydrogen-bond acceptors (Lipinski definition) is 4. The lowest BCUT2D eigenvalue weighted by Crippen LogP contribution is -2.68. The minimum absolute atomic E-state index is 0. The van der Waals surface area contributed by atoms with Gasteiger partial charge in [-0.15, -0.1) is 24.0 Å². The summed E-state index contributed by atoms with van der Waals surface area (Å²) in [6, 6.07) is 0.446. The van der Waals surface area contributed by atoms with E-state index in [4.69, 9.17) is 9.47 Å². The number of fused-ring (bicyclic) bond motifs is 1. The molecular weight excluding hydrogens is 467 g/mol. The Bertz CT molecular complexity index is 545. The third kappa shape index (κ3) is 4.18. The Morgan fingerprint density at radius 1 is 1.11 bits per heavy atom. The predicted octanol–water partition coefficient (Wildman–Crippen LogP) is 2.62. The zero-order valence-corrected chi connectivity index (χ0v) is 20.2. The van der Waals surface area contributed by atoms with Gasteiger partial charge in [0, 0.05) is 56.2 Å². The maximum absolute atomic E-state index is 5.94. The van der Waals surface area contributed by atoms with Crippen LogP contribution in [0.2, 0.25) is 0 Å². The monoisotopic (exact) mass is 506 g/mol. The summed E-state index contributed by atoms with van der Waals surface area (Å²) >= 11 is 0. The Morgan fingerprint density at radius 3 is 2.50 bits per heavy atom. The molecule has 2 aliphatic carbocycles. The SMILES string of the molecule is CN=C(NCC1(N2CCOCC2)CCCCC1)NC1C2CCOC2C1(C)C.I. The molecule has 0 aromatic carbocycles. The van der Waals surface area contributed by atoms with Crippen LogP contribution >= 0.6 is 24.0 Å². The summed E-state index contributed by atoms with van der Waals surface area (Å²) in [7, 11) is 1.89. The Labute approximate surface area is 187 Å². The Balaban J connectivity index is 0.00000225. The number of rotatable bonds is 4. The molecule has 2 saturated heterocycles. The molecule has 2 heterocycles. The van der Waals surface area contributed by atoms with E-state index in [1.165, 1.54) is 38.5 Å². The molecule has 0 bridgehead atoms. The summed E-state index contributed by atoms with van der Waals surface area (Å²) in [6.07, 6.45) is 8.18. The molecule has 4 fully saturated rings. The van der Waals surface area contributed by atoms with Crippen molar-refractivity contribution in [3.05, 3.63) is 0 Å². The summed E-state index contributed by atoms with van der Waals surface area (Å²) in [6.45, 7) is 10.4. The summed E-state index contributed by atoms with van der Waals surface area (Å²) in [5, 5.41) is 7.45. The first kappa shape index (κ1) is 22.6. The van der Waals surface area contributed by atoms with Crippen LogP contribution in [0.4, 0.5) is 0 Å². The maximum Gasteiger partial charge on any atom is 0.191 e. The average molecular weight is 506 g/mol. The maximum atomic E-state index is 5.94. The number of ether oxygens (including phenoxy) is 2. The zero-order valence-electron chi connectivity index (χ0n) is 17.8. The highest BCUT2D eigenvalue weighted by Gasteiger charge is 2.59. The highest BCUT2D eigenvalue weighted by Crippen LogP contribution is 2.52. The van der Waals surface area contributed by atoms with Gasteiger partial charge in [0.1, 0.15) is 0 Å². The van der Waals surface area contributed by atoms with Crippen LogP contribution in [0.5, 0.6) is 0 Å². The molecule has 4 rings (SSSR count). The van der Waals surface area contributed by atoms with Crippen molar-refractivity contribution in [1.82, 2.24) is 15.5 Å². The molecule has 7 heteroatoms. The van der Waals surface area contributed by atoms with Crippen LogP contribution in [0.15, 0.2) is 4.99 Å². The molecule has 0 spiro atoms. The quantitative estimate of drug-likeness (QED) is 0.349. The number of guanidine groups is 1. The first-order chi connectivity index (χ1) is 13.1. The molecule has 0 aromatic rings. The lowest BCUT2D eigenvalue weighted by molar-refractivity contribution is -0.107. The van der Waals surface area contributed by atoms with Gasteiger partial charge in [0.25, 0.3) is 0 Å². The second-order valence-corrected chi connectivity index (χ2v) is 9.50. The lowest BCUT2D eigenvalue weighted by Gasteiger charge is -2.55. The third-order valence-electron chi connectivity index (χ3n) is 7.67. The Hall–Kier alpha value is -0.120. The molecule has 3 unspecified atom stereocenters. The summed E-state index contributed by atoms with van der Waals surface area (Å²) in [5.74, 6) is 1.58. The van der Waals surface area contributed by atoms with Crippen molar-refractivity contribution in [1.29, 1.82) is 0 Å². The first-order valence-electron chi connectivity index (χ1n) is 11.0. The van der Waals surface area contributed by atoms with E-state index in [2.05, 4.69) is 34.4 Å². The molecule has 162 valence electrons. The molecule has 2 aliphatic heterocycles. The van der Waals surface area contributed by atoms with Crippen LogP contribution in [0.25, 0.3) is 0 Å². The van der Waals surface area contributed by atoms with Gasteiger partial charge < -0.3 is 20.1 Å². The third-order valence-corrected chi connectivity index (χ3v) is 7.67. The molecule has 28 heavy (non-hydrogen) atoms. The normalized spacial score (nSPS) is 34.7. The van der Waals surface area contributed by atoms with Crippen molar-refractivity contribution in [2.24, 2.45) is 16.3 Å². The molecule has 0 amide bonds. The van der Waals surface area contributed by atoms with Gasteiger partial charge in [0.05, 0.1) is 19.3 Å². The van der Waals surface area contributed by atoms with Gasteiger partial charge in [-0.25, -0.2) is 0 Å². The Morgan fingerprint density at radius 2 is 1.82 bits per heavy atom. The van der Waals surface area contributed by atoms with E-state index >= 15 is 0 Å². The highest BCUT2D eigenvalue weighted by molar-refractivity contribution is 14.0. The second kappa shape index (κ2) is 9.35. The van der Waals surface area contributed by atoms with Gasteiger partial charge in [-0.1, -0.05) is 33.1 Å². The van der Waals surface area contributed by atoms with Gasteiger partial charge in [0.15, 0.2) is 5.96 Å². The fourth-order valence-corrected chi connectivity index (χ4v) is 6.06. The standard InChI is InChI=1S/C21H38N4O2.HI/c1-20(2)17(16-7-12-27-18(16)20)24-19(22-3)23-15-21(8-5-4-6-9-21)25-10-13-26-14-11-25;/h16-18H,4-15H2,1-3H3,(H2,22,23,24);1H. The second-order valence-electron chi connectivity index (χ2n) is 9.50. The van der Waals surface area contributed by atoms with Crippen LogP contribution in [0.1, 0.15) is 52.4 Å². The number of hydrogen-bond donors (Lipinski definition) is 2. The van der Waals surface area contributed by atoms with Crippen molar-refractivity contribution >= 4 is 29.9 Å². The predicted molar refractivity (Wildman–Crippen MR) is 124 cm³/mol. The van der Waals surface area contributed by atoms with E-state index in [1.807, 2.05) is 7.05 Å². The summed E-state index contributed by atoms with van der Waals surface area (Å²) in [5.41, 5.74) is 0.430. The van der Waals surface area contributed by atoms with E-state index in [9.17, 15) is 0 Å². The number of nitrogens with one attached hydrogen (secondary N) is 2. The molecular formula is C21H39IN4O2. The van der Waals surface area contributed by atoms with Crippen LogP contribution in [0.3, 0.4) is 0 Å². The van der Waals surface area contributed by atoms with Gasteiger partial charge in [-0.3, -0.25) is 9.89 Å². The number of morpholine rings is 1. The van der Waals surface area contributed by atoms with E-state index < -0.39 is 0 Å². The van der Waals surface area contributed by atoms with Gasteiger partial charge in [0.2, 0.25) is 0 Å². The van der Waals surface area contributed by atoms with Crippen molar-refractivity contribution in [2.45, 2.75) is 70.1 Å². The minimum atomic E-state index is 0. The highest BCUT2D eigenvalue weighted by atomic mass is 127. The van der Waals surface area contributed by atoms with E-state index in [0.717, 1.165) is 45.4 Å². The van der Waals surface area contributed by atoms with E-state index in [1.54, 1.807) is 0 Å². The lowest BCUT2D eigenvalue weighted by atomic mass is 9.57. The molecule has 3 atom stereocenters. The molecule has 0 aromatic heterocycles. The average Bonchev–Trinajstić information content (AvgIpc) is 3.17. The number of aliphatic imine (C=N–C) groups is 1. The molecule has 6 nitrogen and oxygen atoms in total. The van der Waals surface area contributed by atoms with Crippen molar-refractivity contribution in [2.75, 3.05) is 46.5 Å². The molecule has 0 radical (unpaired) electrons. The first-order valence-corrected chi connectivity index (χ1v) is 11.0. The van der Waals surface area contributed by atoms with Crippen LogP contribution in [-0.4, -0.2) is 75.0 Å². The van der Waals surface area contributed by atoms with Crippen LogP contribution in [0, 0.1) is 11.3 Å². The topological polar surface area (TPSA) is 58.1 Å². The van der Waals surface area contributed by atoms with Crippen molar-refractivity contribution in [3.8, 4) is 0 Å². The summed E-state index contributed by atoms with van der Waals surface area (Å²) in [4.78, 5) is 7.25. The van der Waals surface area contributed by atoms with E-state index in [-0.39, 0.29) is 34.9 Å². The Kier molecular flexibility index (Phi) is 7.53. The van der Waals surface area contributed by atoms with Crippen molar-refractivity contribution in [3.63, 3.8) is 0 Å². The number of nitrogens with zero attached hydrogens (tertiary/aromatic N) is 2. The molecule has 2 N–H and O–H groups in total. The fourth-order valence-electron chi connectivity index (χ4n) is 6.06. The zero-order chi connectivity index (χ0) is 18.9. The fraction of sp³-hybridized carbons (Fsp3) is 0.952. The van der Waals surface area contributed by atoms with E-state index in [0.29, 0.717) is 18.1 Å². The largest absolute Gasteiger partial charge is 0.379 e.